The van der Waals surface area contributed by atoms with E-state index < -0.39 is 0 Å². The Labute approximate surface area is 168 Å². The van der Waals surface area contributed by atoms with Gasteiger partial charge in [-0.15, -0.1) is 0 Å². The topological polar surface area (TPSA) is 62.3 Å². The molecule has 0 bridgehead atoms. The minimum Gasteiger partial charge on any atom is -0.449 e. The minimum atomic E-state index is -0.381. The lowest BCUT2D eigenvalue weighted by Gasteiger charge is -2.34. The van der Waals surface area contributed by atoms with Crippen molar-refractivity contribution >= 4 is 12.0 Å². The summed E-state index contributed by atoms with van der Waals surface area (Å²) < 4.78 is 11.1. The van der Waals surface area contributed by atoms with Gasteiger partial charge < -0.3 is 19.3 Å². The van der Waals surface area contributed by atoms with E-state index in [9.17, 15) is 9.59 Å². The lowest BCUT2D eigenvalue weighted by Crippen LogP contribution is -2.51. The molecule has 0 aromatic heterocycles. The predicted octanol–water partition coefficient (Wildman–Crippen LogP) is 2.15. The van der Waals surface area contributed by atoms with E-state index in [0.717, 1.165) is 25.9 Å². The van der Waals surface area contributed by atoms with Crippen molar-refractivity contribution in [3.8, 4) is 0 Å². The standard InChI is InChI=1S/C21H35N3O4/c1-4-24(5-2)20(25)19-16-23(14-15-27-19)13-9-12-22(3)21(26)28-17-18-10-7-6-8-11-18/h6-8,10,18-19H,4-5,9,11-17H2,1-3H3. The van der Waals surface area contributed by atoms with Gasteiger partial charge in [-0.25, -0.2) is 4.79 Å². The van der Waals surface area contributed by atoms with Gasteiger partial charge in [-0.05, 0) is 26.7 Å². The first-order chi connectivity index (χ1) is 13.5. The van der Waals surface area contributed by atoms with Gasteiger partial charge in [0.25, 0.3) is 5.91 Å². The maximum Gasteiger partial charge on any atom is 0.409 e. The van der Waals surface area contributed by atoms with Crippen molar-refractivity contribution in [2.45, 2.75) is 32.8 Å². The van der Waals surface area contributed by atoms with Crippen LogP contribution in [0, 0.1) is 5.92 Å². The minimum absolute atomic E-state index is 0.0713. The zero-order valence-electron chi connectivity index (χ0n) is 17.5. The molecule has 7 nitrogen and oxygen atoms in total. The largest absolute Gasteiger partial charge is 0.449 e. The number of rotatable bonds is 9. The molecule has 2 unspecified atom stereocenters. The Morgan fingerprint density at radius 1 is 1.25 bits per heavy atom. The zero-order chi connectivity index (χ0) is 20.4. The van der Waals surface area contributed by atoms with Gasteiger partial charge in [0.2, 0.25) is 0 Å². The fourth-order valence-electron chi connectivity index (χ4n) is 3.46. The Hall–Kier alpha value is -1.86. The molecule has 1 aliphatic heterocycles. The molecule has 2 aliphatic rings. The van der Waals surface area contributed by atoms with Crippen molar-refractivity contribution in [3.63, 3.8) is 0 Å². The van der Waals surface area contributed by atoms with E-state index in [-0.39, 0.29) is 24.0 Å². The van der Waals surface area contributed by atoms with Crippen LogP contribution >= 0.6 is 0 Å². The number of carbonyl (C=O) groups excluding carboxylic acids is 2. The van der Waals surface area contributed by atoms with Gasteiger partial charge in [-0.1, -0.05) is 24.3 Å². The first kappa shape index (κ1) is 22.4. The third-order valence-corrected chi connectivity index (χ3v) is 5.27. The number of hydrogen-bond acceptors (Lipinski definition) is 5. The van der Waals surface area contributed by atoms with Crippen molar-refractivity contribution in [1.82, 2.24) is 14.7 Å². The Kier molecular flexibility index (Phi) is 9.50. The van der Waals surface area contributed by atoms with Crippen LogP contribution in [-0.4, -0.2) is 92.3 Å². The van der Waals surface area contributed by atoms with Crippen molar-refractivity contribution in [3.05, 3.63) is 24.3 Å². The number of morpholine rings is 1. The quantitative estimate of drug-likeness (QED) is 0.601. The molecule has 1 fully saturated rings. The highest BCUT2D eigenvalue weighted by atomic mass is 16.6. The third-order valence-electron chi connectivity index (χ3n) is 5.27. The van der Waals surface area contributed by atoms with Crippen molar-refractivity contribution < 1.29 is 19.1 Å². The maximum atomic E-state index is 12.5. The van der Waals surface area contributed by atoms with Crippen LogP contribution in [0.2, 0.25) is 0 Å². The number of carbonyl (C=O) groups is 2. The molecule has 1 aliphatic carbocycles. The zero-order valence-corrected chi connectivity index (χ0v) is 17.5. The Morgan fingerprint density at radius 3 is 2.71 bits per heavy atom. The molecule has 1 saturated heterocycles. The van der Waals surface area contributed by atoms with Crippen LogP contribution in [0.15, 0.2) is 24.3 Å². The number of nitrogens with zero attached hydrogens (tertiary/aromatic N) is 3. The Bertz CT molecular complexity index is 560. The highest BCUT2D eigenvalue weighted by Crippen LogP contribution is 2.12. The summed E-state index contributed by atoms with van der Waals surface area (Å²) in [6, 6.07) is 0. The van der Waals surface area contributed by atoms with Crippen LogP contribution in [-0.2, 0) is 14.3 Å². The molecular formula is C21H35N3O4. The molecule has 1 heterocycles. The molecule has 158 valence electrons. The van der Waals surface area contributed by atoms with E-state index >= 15 is 0 Å². The number of likely N-dealkylation sites (N-methyl/N-ethyl adjacent to an activating group) is 1. The van der Waals surface area contributed by atoms with Gasteiger partial charge in [0.15, 0.2) is 0 Å². The van der Waals surface area contributed by atoms with Crippen molar-refractivity contribution in [2.75, 3.05) is 59.5 Å². The number of allylic oxidation sites excluding steroid dienone is 3. The normalized spacial score (nSPS) is 22.1. The molecule has 0 aromatic rings. The Morgan fingerprint density at radius 2 is 2.04 bits per heavy atom. The van der Waals surface area contributed by atoms with Crippen molar-refractivity contribution in [2.24, 2.45) is 5.92 Å². The van der Waals surface area contributed by atoms with Gasteiger partial charge in [0, 0.05) is 52.2 Å². The van der Waals surface area contributed by atoms with Crippen LogP contribution < -0.4 is 0 Å². The molecule has 2 rings (SSSR count). The predicted molar refractivity (Wildman–Crippen MR) is 109 cm³/mol. The van der Waals surface area contributed by atoms with Gasteiger partial charge in [0.05, 0.1) is 13.2 Å². The molecule has 0 radical (unpaired) electrons. The van der Waals surface area contributed by atoms with E-state index in [1.165, 1.54) is 0 Å². The summed E-state index contributed by atoms with van der Waals surface area (Å²) in [6.07, 6.45) is 9.25. The first-order valence-electron chi connectivity index (χ1n) is 10.4. The molecule has 0 N–H and O–H groups in total. The Balaban J connectivity index is 1.65. The van der Waals surface area contributed by atoms with Gasteiger partial charge >= 0.3 is 6.09 Å². The van der Waals surface area contributed by atoms with Gasteiger partial charge in [-0.3, -0.25) is 9.69 Å². The second kappa shape index (κ2) is 11.9. The summed E-state index contributed by atoms with van der Waals surface area (Å²) in [5.74, 6) is 0.345. The van der Waals surface area contributed by atoms with Gasteiger partial charge in [0.1, 0.15) is 6.10 Å². The van der Waals surface area contributed by atoms with Crippen LogP contribution in [0.3, 0.4) is 0 Å². The average molecular weight is 394 g/mol. The van der Waals surface area contributed by atoms with E-state index in [0.29, 0.717) is 39.4 Å². The number of hydrogen-bond donors (Lipinski definition) is 0. The number of ether oxygens (including phenoxy) is 2. The summed E-state index contributed by atoms with van der Waals surface area (Å²) in [6.45, 7) is 9.26. The summed E-state index contributed by atoms with van der Waals surface area (Å²) >= 11 is 0. The van der Waals surface area contributed by atoms with E-state index in [4.69, 9.17) is 9.47 Å². The van der Waals surface area contributed by atoms with Crippen LogP contribution in [0.25, 0.3) is 0 Å². The lowest BCUT2D eigenvalue weighted by atomic mass is 10.0. The second-order valence-corrected chi connectivity index (χ2v) is 7.33. The molecule has 2 amide bonds. The number of amides is 2. The molecule has 7 heteroatoms. The summed E-state index contributed by atoms with van der Waals surface area (Å²) in [7, 11) is 1.77. The molecule has 0 saturated carbocycles. The van der Waals surface area contributed by atoms with Crippen molar-refractivity contribution in [1.29, 1.82) is 0 Å². The summed E-state index contributed by atoms with van der Waals surface area (Å²) in [5, 5.41) is 0. The molecule has 0 aromatic carbocycles. The lowest BCUT2D eigenvalue weighted by molar-refractivity contribution is -0.149. The molecular weight excluding hydrogens is 358 g/mol. The summed E-state index contributed by atoms with van der Waals surface area (Å²) in [5.41, 5.74) is 0. The highest BCUT2D eigenvalue weighted by Gasteiger charge is 2.29. The fraction of sp³-hybridized carbons (Fsp3) is 0.714. The molecule has 0 spiro atoms. The van der Waals surface area contributed by atoms with Crippen LogP contribution in [0.5, 0.6) is 0 Å². The average Bonchev–Trinajstić information content (AvgIpc) is 2.73. The first-order valence-corrected chi connectivity index (χ1v) is 10.4. The third kappa shape index (κ3) is 6.95. The molecule has 28 heavy (non-hydrogen) atoms. The van der Waals surface area contributed by atoms with Crippen LogP contribution in [0.1, 0.15) is 26.7 Å². The maximum absolute atomic E-state index is 12.5. The smallest absolute Gasteiger partial charge is 0.409 e. The highest BCUT2D eigenvalue weighted by molar-refractivity contribution is 5.81. The fourth-order valence-corrected chi connectivity index (χ4v) is 3.46. The monoisotopic (exact) mass is 393 g/mol. The second-order valence-electron chi connectivity index (χ2n) is 7.33. The summed E-state index contributed by atoms with van der Waals surface area (Å²) in [4.78, 5) is 30.3. The van der Waals surface area contributed by atoms with Gasteiger partial charge in [-0.2, -0.15) is 0 Å². The van der Waals surface area contributed by atoms with E-state index in [2.05, 4.69) is 17.1 Å². The SMILES string of the molecule is CCN(CC)C(=O)C1CN(CCCN(C)C(=O)OCC2C=CC=CC2)CCO1. The van der Waals surface area contributed by atoms with Crippen LogP contribution in [0.4, 0.5) is 4.79 Å². The van der Waals surface area contributed by atoms with E-state index in [1.807, 2.05) is 30.9 Å². The van der Waals surface area contributed by atoms with E-state index in [1.54, 1.807) is 11.9 Å². The molecule has 2 atom stereocenters.